The molecule has 0 aliphatic carbocycles. The Kier molecular flexibility index (Phi) is 12.1. The second-order valence-electron chi connectivity index (χ2n) is 9.04. The maximum absolute atomic E-state index is 13.0. The number of amides is 3. The number of hydrogen-bond donors (Lipinski definition) is 3. The number of Topliss-reactive ketones (excluding diaryl/α,β-unsaturated/α-hetero) is 1. The highest BCUT2D eigenvalue weighted by Gasteiger charge is 2.29. The van der Waals surface area contributed by atoms with E-state index in [0.29, 0.717) is 18.6 Å². The minimum Gasteiger partial charge on any atom is -0.496 e. The molecular formula is C28H37N3O6. The SMILES string of the molecule is CCC(NC(=O)[C@H](CC(C)C)NC(=O)OCc1ccccc1)C(=O)C(=O)NCCc1ccccc1OC. The monoisotopic (exact) mass is 511 g/mol. The summed E-state index contributed by atoms with van der Waals surface area (Å²) < 4.78 is 10.5. The molecule has 1 unspecified atom stereocenters. The van der Waals surface area contributed by atoms with Crippen LogP contribution in [0.15, 0.2) is 54.6 Å². The number of hydrogen-bond acceptors (Lipinski definition) is 6. The van der Waals surface area contributed by atoms with Crippen molar-refractivity contribution in [1.29, 1.82) is 0 Å². The van der Waals surface area contributed by atoms with Crippen LogP contribution in [0.2, 0.25) is 0 Å². The van der Waals surface area contributed by atoms with Crippen molar-refractivity contribution in [3.8, 4) is 5.75 Å². The smallest absolute Gasteiger partial charge is 0.408 e. The van der Waals surface area contributed by atoms with Crippen molar-refractivity contribution in [2.24, 2.45) is 5.92 Å². The fraction of sp³-hybridized carbons (Fsp3) is 0.429. The molecule has 0 saturated heterocycles. The third kappa shape index (κ3) is 9.95. The number of nitrogens with one attached hydrogen (secondary N) is 3. The molecular weight excluding hydrogens is 474 g/mol. The predicted octanol–water partition coefficient (Wildman–Crippen LogP) is 3.16. The van der Waals surface area contributed by atoms with E-state index in [1.54, 1.807) is 14.0 Å². The summed E-state index contributed by atoms with van der Waals surface area (Å²) >= 11 is 0. The second-order valence-corrected chi connectivity index (χ2v) is 9.04. The first kappa shape index (κ1) is 29.4. The molecule has 0 aliphatic heterocycles. The maximum atomic E-state index is 13.0. The zero-order chi connectivity index (χ0) is 27.2. The summed E-state index contributed by atoms with van der Waals surface area (Å²) in [5.41, 5.74) is 1.72. The number of carbonyl (C=O) groups is 4. The van der Waals surface area contributed by atoms with Gasteiger partial charge in [0, 0.05) is 6.54 Å². The van der Waals surface area contributed by atoms with Gasteiger partial charge in [-0.1, -0.05) is 69.3 Å². The molecule has 2 atom stereocenters. The van der Waals surface area contributed by atoms with Crippen molar-refractivity contribution < 1.29 is 28.7 Å². The lowest BCUT2D eigenvalue weighted by Gasteiger charge is -2.23. The van der Waals surface area contributed by atoms with Crippen molar-refractivity contribution in [3.63, 3.8) is 0 Å². The largest absolute Gasteiger partial charge is 0.496 e. The summed E-state index contributed by atoms with van der Waals surface area (Å²) in [6.45, 7) is 5.82. The van der Waals surface area contributed by atoms with Gasteiger partial charge in [0.05, 0.1) is 13.2 Å². The van der Waals surface area contributed by atoms with Gasteiger partial charge in [0.2, 0.25) is 11.7 Å². The third-order valence-electron chi connectivity index (χ3n) is 5.67. The van der Waals surface area contributed by atoms with E-state index in [-0.39, 0.29) is 25.5 Å². The zero-order valence-electron chi connectivity index (χ0n) is 21.9. The number of rotatable bonds is 14. The Balaban J connectivity index is 1.91. The Bertz CT molecular complexity index is 1040. The van der Waals surface area contributed by atoms with E-state index in [0.717, 1.165) is 11.1 Å². The van der Waals surface area contributed by atoms with Crippen LogP contribution in [0.4, 0.5) is 4.79 Å². The fourth-order valence-electron chi connectivity index (χ4n) is 3.70. The van der Waals surface area contributed by atoms with Gasteiger partial charge in [-0.05, 0) is 42.4 Å². The van der Waals surface area contributed by atoms with E-state index in [9.17, 15) is 19.2 Å². The molecule has 2 rings (SSSR count). The summed E-state index contributed by atoms with van der Waals surface area (Å²) in [6.07, 6.45) is 0.301. The van der Waals surface area contributed by atoms with Gasteiger partial charge in [-0.15, -0.1) is 0 Å². The van der Waals surface area contributed by atoms with Gasteiger partial charge in [-0.25, -0.2) is 4.79 Å². The molecule has 0 bridgehead atoms. The first-order valence-corrected chi connectivity index (χ1v) is 12.5. The van der Waals surface area contributed by atoms with E-state index in [1.165, 1.54) is 0 Å². The zero-order valence-corrected chi connectivity index (χ0v) is 21.9. The number of methoxy groups -OCH3 is 1. The minimum atomic E-state index is -1.02. The molecule has 200 valence electrons. The van der Waals surface area contributed by atoms with Gasteiger partial charge in [0.15, 0.2) is 0 Å². The van der Waals surface area contributed by atoms with Crippen LogP contribution in [0.25, 0.3) is 0 Å². The third-order valence-corrected chi connectivity index (χ3v) is 5.67. The number of ether oxygens (including phenoxy) is 2. The molecule has 3 N–H and O–H groups in total. The summed E-state index contributed by atoms with van der Waals surface area (Å²) in [5, 5.41) is 7.81. The lowest BCUT2D eigenvalue weighted by atomic mass is 10.0. The van der Waals surface area contributed by atoms with Crippen LogP contribution in [-0.4, -0.2) is 49.4 Å². The van der Waals surface area contributed by atoms with Crippen molar-refractivity contribution in [2.75, 3.05) is 13.7 Å². The van der Waals surface area contributed by atoms with E-state index in [1.807, 2.05) is 68.4 Å². The highest BCUT2D eigenvalue weighted by Crippen LogP contribution is 2.17. The van der Waals surface area contributed by atoms with Gasteiger partial charge in [0.1, 0.15) is 18.4 Å². The summed E-state index contributed by atoms with van der Waals surface area (Å²) in [4.78, 5) is 50.5. The molecule has 0 aliphatic rings. The van der Waals surface area contributed by atoms with E-state index < -0.39 is 35.8 Å². The quantitative estimate of drug-likeness (QED) is 0.335. The molecule has 0 radical (unpaired) electrons. The molecule has 2 aromatic rings. The van der Waals surface area contributed by atoms with Gasteiger partial charge in [-0.2, -0.15) is 0 Å². The average molecular weight is 512 g/mol. The summed E-state index contributed by atoms with van der Waals surface area (Å²) in [7, 11) is 1.57. The summed E-state index contributed by atoms with van der Waals surface area (Å²) in [5.74, 6) is -1.29. The normalized spacial score (nSPS) is 12.2. The summed E-state index contributed by atoms with van der Waals surface area (Å²) in [6, 6.07) is 14.7. The minimum absolute atomic E-state index is 0.0633. The number of carbonyl (C=O) groups excluding carboxylic acids is 4. The topological polar surface area (TPSA) is 123 Å². The Hall–Kier alpha value is -3.88. The fourth-order valence-corrected chi connectivity index (χ4v) is 3.70. The number of alkyl carbamates (subject to hydrolysis) is 1. The van der Waals surface area contributed by atoms with Crippen LogP contribution < -0.4 is 20.7 Å². The highest BCUT2D eigenvalue weighted by atomic mass is 16.5. The maximum Gasteiger partial charge on any atom is 0.408 e. The average Bonchev–Trinajstić information content (AvgIpc) is 2.90. The predicted molar refractivity (Wildman–Crippen MR) is 140 cm³/mol. The first-order valence-electron chi connectivity index (χ1n) is 12.5. The number of para-hydroxylation sites is 1. The first-order chi connectivity index (χ1) is 17.7. The lowest BCUT2D eigenvalue weighted by Crippen LogP contribution is -2.54. The Morgan fingerprint density at radius 1 is 0.892 bits per heavy atom. The van der Waals surface area contributed by atoms with Gasteiger partial charge in [-0.3, -0.25) is 14.4 Å². The van der Waals surface area contributed by atoms with Crippen molar-refractivity contribution in [1.82, 2.24) is 16.0 Å². The molecule has 2 aromatic carbocycles. The molecule has 0 spiro atoms. The molecule has 0 saturated carbocycles. The van der Waals surface area contributed by atoms with Gasteiger partial charge in [0.25, 0.3) is 5.91 Å². The Labute approximate surface area is 218 Å². The van der Waals surface area contributed by atoms with Crippen molar-refractivity contribution >= 4 is 23.7 Å². The van der Waals surface area contributed by atoms with Crippen LogP contribution in [0.3, 0.4) is 0 Å². The van der Waals surface area contributed by atoms with Crippen LogP contribution in [0.1, 0.15) is 44.7 Å². The van der Waals surface area contributed by atoms with Crippen LogP contribution in [0.5, 0.6) is 5.75 Å². The number of ketones is 1. The van der Waals surface area contributed by atoms with Crippen LogP contribution in [-0.2, 0) is 32.1 Å². The van der Waals surface area contributed by atoms with E-state index in [2.05, 4.69) is 16.0 Å². The molecule has 9 nitrogen and oxygen atoms in total. The van der Waals surface area contributed by atoms with Crippen LogP contribution in [0, 0.1) is 5.92 Å². The molecule has 3 amide bonds. The van der Waals surface area contributed by atoms with Crippen LogP contribution >= 0.6 is 0 Å². The standard InChI is InChI=1S/C28H37N3O6/c1-5-22(25(32)27(34)29-16-15-21-13-9-10-14-24(21)36-4)30-26(33)23(17-19(2)3)31-28(35)37-18-20-11-7-6-8-12-20/h6-14,19,22-23H,5,15-18H2,1-4H3,(H,29,34)(H,30,33)(H,31,35)/t22?,23-/m0/s1. The molecule has 0 aromatic heterocycles. The van der Waals surface area contributed by atoms with Gasteiger partial charge < -0.3 is 25.4 Å². The lowest BCUT2D eigenvalue weighted by molar-refractivity contribution is -0.140. The Morgan fingerprint density at radius 3 is 2.22 bits per heavy atom. The second kappa shape index (κ2) is 15.3. The molecule has 0 fully saturated rings. The van der Waals surface area contributed by atoms with Gasteiger partial charge >= 0.3 is 6.09 Å². The van der Waals surface area contributed by atoms with Crippen molar-refractivity contribution in [2.45, 2.75) is 58.7 Å². The van der Waals surface area contributed by atoms with E-state index in [4.69, 9.17) is 9.47 Å². The van der Waals surface area contributed by atoms with E-state index >= 15 is 0 Å². The highest BCUT2D eigenvalue weighted by molar-refractivity contribution is 6.38. The Morgan fingerprint density at radius 2 is 1.57 bits per heavy atom. The number of benzene rings is 2. The van der Waals surface area contributed by atoms with Crippen molar-refractivity contribution in [3.05, 3.63) is 65.7 Å². The molecule has 0 heterocycles. The molecule has 37 heavy (non-hydrogen) atoms. The molecule has 9 heteroatoms.